The molecule has 3 nitrogen and oxygen atoms in total. The molecule has 0 saturated carbocycles. The van der Waals surface area contributed by atoms with Crippen molar-refractivity contribution in [1.82, 2.24) is 5.32 Å². The lowest BCUT2D eigenvalue weighted by atomic mass is 10.2. The average molecular weight is 214 g/mol. The standard InChI is InChI=1S/C10H12F2N2O/c11-7-5-8(12)10(15)9(6-7)14-3-1-13-2-4-14/h5-6,13,15H,1-4H2. The van der Waals surface area contributed by atoms with E-state index in [1.165, 1.54) is 0 Å². The van der Waals surface area contributed by atoms with Gasteiger partial charge in [-0.3, -0.25) is 0 Å². The van der Waals surface area contributed by atoms with Crippen LogP contribution in [0, 0.1) is 11.6 Å². The summed E-state index contributed by atoms with van der Waals surface area (Å²) in [5, 5.41) is 12.6. The fourth-order valence-corrected chi connectivity index (χ4v) is 1.70. The summed E-state index contributed by atoms with van der Waals surface area (Å²) < 4.78 is 26.0. The third-order valence-electron chi connectivity index (χ3n) is 2.47. The van der Waals surface area contributed by atoms with Crippen LogP contribution in [-0.2, 0) is 0 Å². The summed E-state index contributed by atoms with van der Waals surface area (Å²) in [4.78, 5) is 1.76. The lowest BCUT2D eigenvalue weighted by Gasteiger charge is -2.29. The van der Waals surface area contributed by atoms with Gasteiger partial charge in [0.05, 0.1) is 5.69 Å². The molecular weight excluding hydrogens is 202 g/mol. The van der Waals surface area contributed by atoms with E-state index in [1.807, 2.05) is 0 Å². The summed E-state index contributed by atoms with van der Waals surface area (Å²) in [7, 11) is 0. The van der Waals surface area contributed by atoms with Crippen LogP contribution in [0.1, 0.15) is 0 Å². The van der Waals surface area contributed by atoms with E-state index in [4.69, 9.17) is 0 Å². The molecule has 0 radical (unpaired) electrons. The van der Waals surface area contributed by atoms with E-state index >= 15 is 0 Å². The Bertz CT molecular complexity index is 365. The van der Waals surface area contributed by atoms with Crippen molar-refractivity contribution < 1.29 is 13.9 Å². The number of nitrogens with one attached hydrogen (secondary N) is 1. The predicted octanol–water partition coefficient (Wildman–Crippen LogP) is 1.08. The molecule has 1 aliphatic heterocycles. The van der Waals surface area contributed by atoms with Crippen LogP contribution in [0.2, 0.25) is 0 Å². The molecule has 0 aromatic heterocycles. The maximum absolute atomic E-state index is 13.1. The van der Waals surface area contributed by atoms with Gasteiger partial charge in [-0.2, -0.15) is 0 Å². The van der Waals surface area contributed by atoms with Crippen LogP contribution in [0.15, 0.2) is 12.1 Å². The smallest absolute Gasteiger partial charge is 0.175 e. The highest BCUT2D eigenvalue weighted by Crippen LogP contribution is 2.31. The molecule has 1 aromatic carbocycles. The number of rotatable bonds is 1. The Morgan fingerprint density at radius 1 is 1.20 bits per heavy atom. The minimum absolute atomic E-state index is 0.231. The van der Waals surface area contributed by atoms with Gasteiger partial charge in [-0.05, 0) is 0 Å². The third kappa shape index (κ3) is 2.02. The maximum Gasteiger partial charge on any atom is 0.175 e. The number of phenols is 1. The monoisotopic (exact) mass is 214 g/mol. The molecule has 0 aliphatic carbocycles. The zero-order valence-corrected chi connectivity index (χ0v) is 8.13. The Morgan fingerprint density at radius 2 is 1.87 bits per heavy atom. The minimum Gasteiger partial charge on any atom is -0.503 e. The van der Waals surface area contributed by atoms with Gasteiger partial charge in [-0.1, -0.05) is 0 Å². The third-order valence-corrected chi connectivity index (χ3v) is 2.47. The van der Waals surface area contributed by atoms with E-state index < -0.39 is 17.4 Å². The first-order valence-corrected chi connectivity index (χ1v) is 4.82. The van der Waals surface area contributed by atoms with E-state index in [1.54, 1.807) is 4.90 Å². The van der Waals surface area contributed by atoms with Crippen LogP contribution in [0.4, 0.5) is 14.5 Å². The first-order chi connectivity index (χ1) is 7.18. The molecule has 1 saturated heterocycles. The first kappa shape index (κ1) is 10.2. The Morgan fingerprint density at radius 3 is 2.53 bits per heavy atom. The number of hydrogen-bond donors (Lipinski definition) is 2. The van der Waals surface area contributed by atoms with Crippen molar-refractivity contribution in [2.75, 3.05) is 31.1 Å². The minimum atomic E-state index is -0.913. The van der Waals surface area contributed by atoms with Crippen LogP contribution >= 0.6 is 0 Å². The van der Waals surface area contributed by atoms with Crippen LogP contribution in [0.3, 0.4) is 0 Å². The van der Waals surface area contributed by atoms with Gasteiger partial charge in [0.2, 0.25) is 0 Å². The highest BCUT2D eigenvalue weighted by molar-refractivity contribution is 5.58. The Hall–Kier alpha value is -1.36. The lowest BCUT2D eigenvalue weighted by molar-refractivity contribution is 0.425. The van der Waals surface area contributed by atoms with Crippen molar-refractivity contribution in [2.45, 2.75) is 0 Å². The summed E-state index contributed by atoms with van der Waals surface area (Å²) in [6.45, 7) is 2.77. The van der Waals surface area contributed by atoms with Gasteiger partial charge < -0.3 is 15.3 Å². The van der Waals surface area contributed by atoms with Crippen LogP contribution in [0.5, 0.6) is 5.75 Å². The molecule has 82 valence electrons. The summed E-state index contributed by atoms with van der Waals surface area (Å²) >= 11 is 0. The fraction of sp³-hybridized carbons (Fsp3) is 0.400. The molecule has 15 heavy (non-hydrogen) atoms. The second-order valence-corrected chi connectivity index (χ2v) is 3.49. The summed E-state index contributed by atoms with van der Waals surface area (Å²) in [6.07, 6.45) is 0. The Balaban J connectivity index is 2.33. The number of hydrogen-bond acceptors (Lipinski definition) is 3. The van der Waals surface area contributed by atoms with Crippen LogP contribution in [-0.4, -0.2) is 31.3 Å². The lowest BCUT2D eigenvalue weighted by Crippen LogP contribution is -2.43. The summed E-state index contributed by atoms with van der Waals surface area (Å²) in [5.74, 6) is -2.05. The second kappa shape index (κ2) is 4.02. The molecule has 2 N–H and O–H groups in total. The quantitative estimate of drug-likeness (QED) is 0.734. The zero-order valence-electron chi connectivity index (χ0n) is 8.13. The number of nitrogens with zero attached hydrogens (tertiary/aromatic N) is 1. The fourth-order valence-electron chi connectivity index (χ4n) is 1.70. The maximum atomic E-state index is 13.1. The van der Waals surface area contributed by atoms with E-state index in [2.05, 4.69) is 5.32 Å². The van der Waals surface area contributed by atoms with Gasteiger partial charge in [0.1, 0.15) is 5.82 Å². The van der Waals surface area contributed by atoms with Gasteiger partial charge in [-0.25, -0.2) is 8.78 Å². The van der Waals surface area contributed by atoms with Crippen molar-refractivity contribution in [1.29, 1.82) is 0 Å². The van der Waals surface area contributed by atoms with Gasteiger partial charge in [-0.15, -0.1) is 0 Å². The molecule has 0 atom stereocenters. The van der Waals surface area contributed by atoms with E-state index in [0.29, 0.717) is 19.2 Å². The van der Waals surface area contributed by atoms with Crippen molar-refractivity contribution >= 4 is 5.69 Å². The highest BCUT2D eigenvalue weighted by atomic mass is 19.1. The molecule has 0 spiro atoms. The van der Waals surface area contributed by atoms with Crippen molar-refractivity contribution in [2.24, 2.45) is 0 Å². The molecule has 1 heterocycles. The highest BCUT2D eigenvalue weighted by Gasteiger charge is 2.17. The van der Waals surface area contributed by atoms with Gasteiger partial charge in [0.15, 0.2) is 11.6 Å². The first-order valence-electron chi connectivity index (χ1n) is 4.82. The summed E-state index contributed by atoms with van der Waals surface area (Å²) in [6, 6.07) is 1.84. The van der Waals surface area contributed by atoms with Crippen molar-refractivity contribution in [3.05, 3.63) is 23.8 Å². The van der Waals surface area contributed by atoms with Crippen LogP contribution in [0.25, 0.3) is 0 Å². The van der Waals surface area contributed by atoms with Gasteiger partial charge in [0.25, 0.3) is 0 Å². The Kier molecular flexibility index (Phi) is 2.73. The van der Waals surface area contributed by atoms with Crippen LogP contribution < -0.4 is 10.2 Å². The number of anilines is 1. The molecular formula is C10H12F2N2O. The topological polar surface area (TPSA) is 35.5 Å². The molecule has 1 aromatic rings. The summed E-state index contributed by atoms with van der Waals surface area (Å²) in [5.41, 5.74) is 0.231. The largest absolute Gasteiger partial charge is 0.503 e. The molecule has 0 amide bonds. The molecule has 0 unspecified atom stereocenters. The predicted molar refractivity (Wildman–Crippen MR) is 53.1 cm³/mol. The number of benzene rings is 1. The second-order valence-electron chi connectivity index (χ2n) is 3.49. The van der Waals surface area contributed by atoms with E-state index in [-0.39, 0.29) is 5.69 Å². The normalized spacial score (nSPS) is 16.8. The molecule has 1 aliphatic rings. The van der Waals surface area contributed by atoms with Gasteiger partial charge >= 0.3 is 0 Å². The van der Waals surface area contributed by atoms with Gasteiger partial charge in [0, 0.05) is 38.3 Å². The molecule has 1 fully saturated rings. The number of aromatic hydroxyl groups is 1. The molecule has 5 heteroatoms. The Labute approximate surface area is 86.3 Å². The SMILES string of the molecule is Oc1c(F)cc(F)cc1N1CCNCC1. The van der Waals surface area contributed by atoms with E-state index in [0.717, 1.165) is 19.2 Å². The number of halogens is 2. The number of phenolic OH excluding ortho intramolecular Hbond substituents is 1. The van der Waals surface area contributed by atoms with Crippen molar-refractivity contribution in [3.8, 4) is 5.75 Å². The molecule has 2 rings (SSSR count). The average Bonchev–Trinajstić information content (AvgIpc) is 2.24. The van der Waals surface area contributed by atoms with E-state index in [9.17, 15) is 13.9 Å². The number of piperazine rings is 1. The zero-order chi connectivity index (χ0) is 10.8. The van der Waals surface area contributed by atoms with Crippen molar-refractivity contribution in [3.63, 3.8) is 0 Å². The molecule has 0 bridgehead atoms.